The summed E-state index contributed by atoms with van der Waals surface area (Å²) in [6.07, 6.45) is 4.95. The average molecular weight is 224 g/mol. The molecule has 0 aliphatic carbocycles. The molecule has 0 bridgehead atoms. The first-order valence-electron chi connectivity index (χ1n) is 6.10. The smallest absolute Gasteiger partial charge is 0.0312 e. The van der Waals surface area contributed by atoms with Crippen LogP contribution in [-0.4, -0.2) is 16.4 Å². The molecular weight excluding hydrogens is 208 g/mol. The Bertz CT molecular complexity index is 493. The first-order valence-corrected chi connectivity index (χ1v) is 6.10. The monoisotopic (exact) mass is 224 g/mol. The van der Waals surface area contributed by atoms with E-state index in [0.717, 1.165) is 26.1 Å². The molecule has 0 atom stereocenters. The maximum Gasteiger partial charge on any atom is 0.0312 e. The average Bonchev–Trinajstić information content (AvgIpc) is 2.40. The van der Waals surface area contributed by atoms with Crippen molar-refractivity contribution in [3.8, 4) is 0 Å². The predicted octanol–water partition coefficient (Wildman–Crippen LogP) is 2.64. The van der Waals surface area contributed by atoms with Gasteiger partial charge in [0.2, 0.25) is 0 Å². The van der Waals surface area contributed by atoms with Crippen molar-refractivity contribution < 1.29 is 0 Å². The van der Waals surface area contributed by atoms with Gasteiger partial charge in [-0.1, -0.05) is 30.3 Å². The van der Waals surface area contributed by atoms with Crippen molar-refractivity contribution in [2.45, 2.75) is 19.5 Å². The molecular formula is C15H16N2. The van der Waals surface area contributed by atoms with Crippen LogP contribution in [0.15, 0.2) is 48.8 Å². The van der Waals surface area contributed by atoms with Gasteiger partial charge in [-0.2, -0.15) is 0 Å². The minimum absolute atomic E-state index is 1.00. The van der Waals surface area contributed by atoms with Crippen LogP contribution in [0, 0.1) is 0 Å². The molecule has 0 spiro atoms. The molecule has 0 saturated heterocycles. The molecule has 0 saturated carbocycles. The molecule has 17 heavy (non-hydrogen) atoms. The predicted molar refractivity (Wildman–Crippen MR) is 68.5 cm³/mol. The van der Waals surface area contributed by atoms with E-state index in [0.29, 0.717) is 0 Å². The van der Waals surface area contributed by atoms with Crippen LogP contribution in [-0.2, 0) is 19.5 Å². The highest BCUT2D eigenvalue weighted by Gasteiger charge is 2.15. The zero-order chi connectivity index (χ0) is 11.5. The minimum Gasteiger partial charge on any atom is -0.294 e. The van der Waals surface area contributed by atoms with Gasteiger partial charge in [0.05, 0.1) is 0 Å². The second-order valence-corrected chi connectivity index (χ2v) is 4.59. The maximum atomic E-state index is 4.17. The van der Waals surface area contributed by atoms with Crippen molar-refractivity contribution in [3.63, 3.8) is 0 Å². The summed E-state index contributed by atoms with van der Waals surface area (Å²) >= 11 is 0. The number of nitrogens with zero attached hydrogens (tertiary/aromatic N) is 2. The van der Waals surface area contributed by atoms with Crippen LogP contribution in [0.1, 0.15) is 16.7 Å². The first-order chi connectivity index (χ1) is 8.42. The Kier molecular flexibility index (Phi) is 2.88. The highest BCUT2D eigenvalue weighted by Crippen LogP contribution is 2.19. The van der Waals surface area contributed by atoms with Crippen molar-refractivity contribution >= 4 is 0 Å². The lowest BCUT2D eigenvalue weighted by molar-refractivity contribution is 0.245. The van der Waals surface area contributed by atoms with Crippen LogP contribution in [0.3, 0.4) is 0 Å². The molecule has 1 aliphatic rings. The van der Waals surface area contributed by atoms with E-state index in [2.05, 4.69) is 40.2 Å². The highest BCUT2D eigenvalue weighted by molar-refractivity contribution is 5.29. The quantitative estimate of drug-likeness (QED) is 0.779. The van der Waals surface area contributed by atoms with Gasteiger partial charge in [-0.25, -0.2) is 0 Å². The van der Waals surface area contributed by atoms with Gasteiger partial charge in [0.1, 0.15) is 0 Å². The molecule has 0 radical (unpaired) electrons. The summed E-state index contributed by atoms with van der Waals surface area (Å²) in [6, 6.07) is 12.9. The van der Waals surface area contributed by atoms with E-state index in [1.807, 2.05) is 18.5 Å². The lowest BCUT2D eigenvalue weighted by atomic mass is 10.00. The Morgan fingerprint density at radius 3 is 2.76 bits per heavy atom. The fraction of sp³-hybridized carbons (Fsp3) is 0.267. The molecule has 2 heterocycles. The lowest BCUT2D eigenvalue weighted by Gasteiger charge is -2.28. The van der Waals surface area contributed by atoms with Crippen molar-refractivity contribution in [3.05, 3.63) is 65.5 Å². The molecule has 0 unspecified atom stereocenters. The van der Waals surface area contributed by atoms with E-state index >= 15 is 0 Å². The zero-order valence-electron chi connectivity index (χ0n) is 9.84. The van der Waals surface area contributed by atoms with Crippen LogP contribution < -0.4 is 0 Å². The van der Waals surface area contributed by atoms with Crippen LogP contribution in [0.2, 0.25) is 0 Å². The van der Waals surface area contributed by atoms with Gasteiger partial charge in [0.15, 0.2) is 0 Å². The van der Waals surface area contributed by atoms with E-state index in [1.165, 1.54) is 16.7 Å². The Balaban J connectivity index is 1.72. The van der Waals surface area contributed by atoms with Gasteiger partial charge in [0, 0.05) is 32.0 Å². The summed E-state index contributed by atoms with van der Waals surface area (Å²) in [5, 5.41) is 0. The summed E-state index contributed by atoms with van der Waals surface area (Å²) in [6.45, 7) is 3.21. The standard InChI is InChI=1S/C15H16N2/c1-2-6-15-12-17(9-7-14(15)5-1)11-13-4-3-8-16-10-13/h1-6,8,10H,7,9,11-12H2. The number of hydrogen-bond donors (Lipinski definition) is 0. The van der Waals surface area contributed by atoms with Crippen molar-refractivity contribution in [2.75, 3.05) is 6.54 Å². The fourth-order valence-corrected chi connectivity index (χ4v) is 2.44. The third-order valence-corrected chi connectivity index (χ3v) is 3.34. The van der Waals surface area contributed by atoms with E-state index in [-0.39, 0.29) is 0 Å². The van der Waals surface area contributed by atoms with Gasteiger partial charge in [-0.05, 0) is 29.2 Å². The van der Waals surface area contributed by atoms with Crippen LogP contribution in [0.25, 0.3) is 0 Å². The van der Waals surface area contributed by atoms with Crippen LogP contribution in [0.4, 0.5) is 0 Å². The molecule has 2 nitrogen and oxygen atoms in total. The van der Waals surface area contributed by atoms with E-state index in [1.54, 1.807) is 0 Å². The molecule has 86 valence electrons. The summed E-state index contributed by atoms with van der Waals surface area (Å²) in [5.74, 6) is 0. The van der Waals surface area contributed by atoms with Gasteiger partial charge in [-0.3, -0.25) is 9.88 Å². The largest absolute Gasteiger partial charge is 0.294 e. The van der Waals surface area contributed by atoms with E-state index in [9.17, 15) is 0 Å². The Hall–Kier alpha value is -1.67. The Labute approximate surface area is 102 Å². The fourth-order valence-electron chi connectivity index (χ4n) is 2.44. The number of fused-ring (bicyclic) bond motifs is 1. The van der Waals surface area contributed by atoms with Crippen molar-refractivity contribution in [1.82, 2.24) is 9.88 Å². The molecule has 1 aromatic carbocycles. The Morgan fingerprint density at radius 2 is 1.94 bits per heavy atom. The number of aromatic nitrogens is 1. The second-order valence-electron chi connectivity index (χ2n) is 4.59. The second kappa shape index (κ2) is 4.68. The lowest BCUT2D eigenvalue weighted by Crippen LogP contribution is -2.29. The molecule has 0 amide bonds. The number of rotatable bonds is 2. The molecule has 1 aromatic heterocycles. The molecule has 1 aliphatic heterocycles. The summed E-state index contributed by atoms with van der Waals surface area (Å²) in [7, 11) is 0. The van der Waals surface area contributed by atoms with Crippen molar-refractivity contribution in [1.29, 1.82) is 0 Å². The third kappa shape index (κ3) is 2.37. The minimum atomic E-state index is 1.00. The van der Waals surface area contributed by atoms with E-state index < -0.39 is 0 Å². The SMILES string of the molecule is c1cncc(CN2CCc3ccccc3C2)c1. The molecule has 2 aromatic rings. The third-order valence-electron chi connectivity index (χ3n) is 3.34. The molecule has 0 N–H and O–H groups in total. The van der Waals surface area contributed by atoms with Gasteiger partial charge < -0.3 is 0 Å². The zero-order valence-corrected chi connectivity index (χ0v) is 9.84. The van der Waals surface area contributed by atoms with Crippen molar-refractivity contribution in [2.24, 2.45) is 0 Å². The summed E-state index contributed by atoms with van der Waals surface area (Å²) in [4.78, 5) is 6.65. The van der Waals surface area contributed by atoms with Crippen LogP contribution >= 0.6 is 0 Å². The van der Waals surface area contributed by atoms with Crippen LogP contribution in [0.5, 0.6) is 0 Å². The van der Waals surface area contributed by atoms with Gasteiger partial charge in [-0.15, -0.1) is 0 Å². The summed E-state index contributed by atoms with van der Waals surface area (Å²) in [5.41, 5.74) is 4.28. The molecule has 3 rings (SSSR count). The highest BCUT2D eigenvalue weighted by atomic mass is 15.1. The number of hydrogen-bond acceptors (Lipinski definition) is 2. The number of benzene rings is 1. The molecule has 2 heteroatoms. The van der Waals surface area contributed by atoms with E-state index in [4.69, 9.17) is 0 Å². The van der Waals surface area contributed by atoms with Gasteiger partial charge >= 0.3 is 0 Å². The maximum absolute atomic E-state index is 4.17. The molecule has 0 fully saturated rings. The van der Waals surface area contributed by atoms with Gasteiger partial charge in [0.25, 0.3) is 0 Å². The summed E-state index contributed by atoms with van der Waals surface area (Å²) < 4.78 is 0. The topological polar surface area (TPSA) is 16.1 Å². The Morgan fingerprint density at radius 1 is 1.06 bits per heavy atom. The normalized spacial score (nSPS) is 15.5. The number of pyridine rings is 1. The first kappa shape index (κ1) is 10.5.